The van der Waals surface area contributed by atoms with Crippen molar-refractivity contribution in [2.24, 2.45) is 10.8 Å². The predicted molar refractivity (Wildman–Crippen MR) is 88.9 cm³/mol. The van der Waals surface area contributed by atoms with Crippen LogP contribution in [0.3, 0.4) is 0 Å². The van der Waals surface area contributed by atoms with Gasteiger partial charge in [0, 0.05) is 23.5 Å². The summed E-state index contributed by atoms with van der Waals surface area (Å²) in [6.45, 7) is 7.93. The van der Waals surface area contributed by atoms with Crippen LogP contribution in [0.15, 0.2) is 30.3 Å². The second-order valence-electron chi connectivity index (χ2n) is 8.42. The largest absolute Gasteiger partial charge is 0.351 e. The van der Waals surface area contributed by atoms with Gasteiger partial charge < -0.3 is 9.88 Å². The van der Waals surface area contributed by atoms with Crippen LogP contribution < -0.4 is 0 Å². The highest BCUT2D eigenvalue weighted by molar-refractivity contribution is 5.98. The maximum absolute atomic E-state index is 13.0. The van der Waals surface area contributed by atoms with Crippen LogP contribution in [0.2, 0.25) is 0 Å². The number of nitrogens with zero attached hydrogens (tertiary/aromatic N) is 1. The predicted octanol–water partition coefficient (Wildman–Crippen LogP) is 4.21. The molecule has 2 bridgehead atoms. The molecule has 2 fully saturated rings. The van der Waals surface area contributed by atoms with E-state index >= 15 is 0 Å². The van der Waals surface area contributed by atoms with E-state index in [1.807, 2.05) is 24.3 Å². The van der Waals surface area contributed by atoms with E-state index < -0.39 is 0 Å². The van der Waals surface area contributed by atoms with E-state index in [1.54, 1.807) is 0 Å². The highest BCUT2D eigenvalue weighted by Gasteiger charge is 2.51. The van der Waals surface area contributed by atoms with Crippen molar-refractivity contribution >= 4 is 16.8 Å². The minimum Gasteiger partial charge on any atom is -0.351 e. The standard InChI is InChI=1S/C19H24N2O/c1-18(2)9-14-10-19(3,11-18)12-21(14)17(22)16-8-13-6-4-5-7-15(13)20-16/h4-8,14,20H,9-12H2,1-3H3/t14-,19-/m0/s1. The summed E-state index contributed by atoms with van der Waals surface area (Å²) < 4.78 is 0. The number of rotatable bonds is 1. The molecule has 1 aromatic heterocycles. The first-order chi connectivity index (χ1) is 10.4. The number of H-pyrrole nitrogens is 1. The number of aromatic nitrogens is 1. The van der Waals surface area contributed by atoms with E-state index in [0.29, 0.717) is 11.5 Å². The van der Waals surface area contributed by atoms with Crippen LogP contribution in [0.1, 0.15) is 50.5 Å². The summed E-state index contributed by atoms with van der Waals surface area (Å²) in [7, 11) is 0. The summed E-state index contributed by atoms with van der Waals surface area (Å²) in [5.41, 5.74) is 2.40. The van der Waals surface area contributed by atoms with Gasteiger partial charge in [-0.1, -0.05) is 39.0 Å². The fourth-order valence-corrected chi connectivity index (χ4v) is 5.04. The van der Waals surface area contributed by atoms with Gasteiger partial charge in [-0.15, -0.1) is 0 Å². The lowest BCUT2D eigenvalue weighted by Gasteiger charge is -2.39. The summed E-state index contributed by atoms with van der Waals surface area (Å²) in [4.78, 5) is 18.4. The Kier molecular flexibility index (Phi) is 2.76. The number of fused-ring (bicyclic) bond motifs is 3. The number of carbonyl (C=O) groups excluding carboxylic acids is 1. The van der Waals surface area contributed by atoms with Crippen molar-refractivity contribution in [1.82, 2.24) is 9.88 Å². The second-order valence-corrected chi connectivity index (χ2v) is 8.42. The maximum Gasteiger partial charge on any atom is 0.270 e. The average molecular weight is 296 g/mol. The Balaban J connectivity index is 1.66. The van der Waals surface area contributed by atoms with Gasteiger partial charge in [0.25, 0.3) is 5.91 Å². The third-order valence-corrected chi connectivity index (χ3v) is 5.44. The maximum atomic E-state index is 13.0. The Morgan fingerprint density at radius 2 is 2.00 bits per heavy atom. The van der Waals surface area contributed by atoms with Gasteiger partial charge in [0.1, 0.15) is 5.69 Å². The topological polar surface area (TPSA) is 36.1 Å². The summed E-state index contributed by atoms with van der Waals surface area (Å²) >= 11 is 0. The van der Waals surface area contributed by atoms with Crippen LogP contribution >= 0.6 is 0 Å². The zero-order valence-electron chi connectivity index (χ0n) is 13.6. The molecule has 1 amide bonds. The zero-order chi connectivity index (χ0) is 15.5. The number of carbonyl (C=O) groups is 1. The van der Waals surface area contributed by atoms with Gasteiger partial charge in [-0.2, -0.15) is 0 Å². The first kappa shape index (κ1) is 13.9. The lowest BCUT2D eigenvalue weighted by molar-refractivity contribution is 0.0703. The summed E-state index contributed by atoms with van der Waals surface area (Å²) in [6.07, 6.45) is 3.49. The van der Waals surface area contributed by atoms with E-state index in [4.69, 9.17) is 0 Å². The lowest BCUT2D eigenvalue weighted by Crippen LogP contribution is -2.37. The second kappa shape index (κ2) is 4.37. The van der Waals surface area contributed by atoms with Crippen LogP contribution in [0.5, 0.6) is 0 Å². The Morgan fingerprint density at radius 1 is 1.23 bits per heavy atom. The van der Waals surface area contributed by atoms with Crippen molar-refractivity contribution in [3.05, 3.63) is 36.0 Å². The highest BCUT2D eigenvalue weighted by Crippen LogP contribution is 2.52. The van der Waals surface area contributed by atoms with Crippen molar-refractivity contribution in [3.63, 3.8) is 0 Å². The Bertz CT molecular complexity index is 712. The van der Waals surface area contributed by atoms with Gasteiger partial charge in [-0.25, -0.2) is 0 Å². The number of hydrogen-bond acceptors (Lipinski definition) is 1. The number of aromatic amines is 1. The number of benzene rings is 1. The van der Waals surface area contributed by atoms with Gasteiger partial charge in [0.2, 0.25) is 0 Å². The monoisotopic (exact) mass is 296 g/mol. The molecule has 1 saturated carbocycles. The minimum atomic E-state index is 0.169. The quantitative estimate of drug-likeness (QED) is 0.841. The van der Waals surface area contributed by atoms with Gasteiger partial charge in [0.15, 0.2) is 0 Å². The molecule has 2 atom stereocenters. The molecule has 1 aliphatic heterocycles. The van der Waals surface area contributed by atoms with Crippen LogP contribution in [0, 0.1) is 10.8 Å². The Labute approximate surface area is 131 Å². The summed E-state index contributed by atoms with van der Waals surface area (Å²) in [6, 6.07) is 10.5. The first-order valence-corrected chi connectivity index (χ1v) is 8.24. The van der Waals surface area contributed by atoms with Crippen LogP contribution in [-0.2, 0) is 0 Å². The van der Waals surface area contributed by atoms with E-state index in [2.05, 4.69) is 36.7 Å². The van der Waals surface area contributed by atoms with Crippen molar-refractivity contribution in [3.8, 4) is 0 Å². The molecule has 2 aliphatic rings. The first-order valence-electron chi connectivity index (χ1n) is 8.24. The van der Waals surface area contributed by atoms with Crippen molar-refractivity contribution < 1.29 is 4.79 Å². The molecular weight excluding hydrogens is 272 g/mol. The average Bonchev–Trinajstić information content (AvgIpc) is 2.95. The third kappa shape index (κ3) is 2.15. The Morgan fingerprint density at radius 3 is 2.77 bits per heavy atom. The molecule has 3 nitrogen and oxygen atoms in total. The fraction of sp³-hybridized carbons (Fsp3) is 0.526. The molecule has 0 radical (unpaired) electrons. The molecule has 1 saturated heterocycles. The molecule has 22 heavy (non-hydrogen) atoms. The molecule has 0 unspecified atom stereocenters. The number of para-hydroxylation sites is 1. The molecule has 3 heteroatoms. The van der Waals surface area contributed by atoms with Crippen LogP contribution in [0.25, 0.3) is 10.9 Å². The number of amides is 1. The zero-order valence-corrected chi connectivity index (χ0v) is 13.6. The van der Waals surface area contributed by atoms with Gasteiger partial charge in [-0.3, -0.25) is 4.79 Å². The minimum absolute atomic E-state index is 0.169. The van der Waals surface area contributed by atoms with Crippen LogP contribution in [-0.4, -0.2) is 28.4 Å². The summed E-state index contributed by atoms with van der Waals surface area (Å²) in [5, 5.41) is 1.11. The number of nitrogens with one attached hydrogen (secondary N) is 1. The molecule has 1 aromatic carbocycles. The number of likely N-dealkylation sites (tertiary alicyclic amines) is 1. The normalized spacial score (nSPS) is 30.0. The SMILES string of the molecule is CC1(C)C[C@H]2C[C@](C)(CN2C(=O)c2cc3ccccc3[nH]2)C1. The van der Waals surface area contributed by atoms with Gasteiger partial charge in [0.05, 0.1) is 0 Å². The molecular formula is C19H24N2O. The Hall–Kier alpha value is -1.77. The molecule has 2 aromatic rings. The fourth-order valence-electron chi connectivity index (χ4n) is 5.04. The van der Waals surface area contributed by atoms with Crippen molar-refractivity contribution in [2.45, 2.75) is 46.1 Å². The van der Waals surface area contributed by atoms with Crippen molar-refractivity contribution in [2.75, 3.05) is 6.54 Å². The number of hydrogen-bond donors (Lipinski definition) is 1. The molecule has 1 N–H and O–H groups in total. The van der Waals surface area contributed by atoms with E-state index in [9.17, 15) is 4.79 Å². The van der Waals surface area contributed by atoms with Crippen LogP contribution in [0.4, 0.5) is 0 Å². The van der Waals surface area contributed by atoms with Crippen molar-refractivity contribution in [1.29, 1.82) is 0 Å². The molecule has 1 aliphatic carbocycles. The highest BCUT2D eigenvalue weighted by atomic mass is 16.2. The van der Waals surface area contributed by atoms with E-state index in [-0.39, 0.29) is 11.3 Å². The van der Waals surface area contributed by atoms with Gasteiger partial charge >= 0.3 is 0 Å². The van der Waals surface area contributed by atoms with E-state index in [1.165, 1.54) is 6.42 Å². The third-order valence-electron chi connectivity index (χ3n) is 5.44. The van der Waals surface area contributed by atoms with Gasteiger partial charge in [-0.05, 0) is 42.2 Å². The molecule has 2 heterocycles. The molecule has 0 spiro atoms. The summed E-state index contributed by atoms with van der Waals surface area (Å²) in [5.74, 6) is 0.169. The smallest absolute Gasteiger partial charge is 0.270 e. The molecule has 116 valence electrons. The molecule has 4 rings (SSSR count). The van der Waals surface area contributed by atoms with E-state index in [0.717, 1.165) is 36.0 Å². The lowest BCUT2D eigenvalue weighted by atomic mass is 9.65.